The van der Waals surface area contributed by atoms with E-state index in [4.69, 9.17) is 0 Å². The van der Waals surface area contributed by atoms with E-state index in [-0.39, 0.29) is 17.4 Å². The molecule has 0 saturated heterocycles. The highest BCUT2D eigenvalue weighted by atomic mass is 19.4. The highest BCUT2D eigenvalue weighted by Crippen LogP contribution is 2.35. The van der Waals surface area contributed by atoms with E-state index >= 15 is 0 Å². The van der Waals surface area contributed by atoms with Gasteiger partial charge < -0.3 is 5.32 Å². The van der Waals surface area contributed by atoms with Crippen molar-refractivity contribution < 1.29 is 18.0 Å². The van der Waals surface area contributed by atoms with E-state index in [2.05, 4.69) is 15.4 Å². The molecular weight excluding hydrogens is 465 g/mol. The monoisotopic (exact) mass is 486 g/mol. The summed E-state index contributed by atoms with van der Waals surface area (Å²) in [6.45, 7) is 0. The van der Waals surface area contributed by atoms with Crippen molar-refractivity contribution in [1.29, 1.82) is 0 Å². The Kier molecular flexibility index (Phi) is 6.25. The molecule has 5 nitrogen and oxygen atoms in total. The van der Waals surface area contributed by atoms with Gasteiger partial charge in [-0.25, -0.2) is 4.52 Å². The second-order valence-electron chi connectivity index (χ2n) is 8.40. The Labute approximate surface area is 205 Å². The van der Waals surface area contributed by atoms with Gasteiger partial charge in [0.1, 0.15) is 5.78 Å². The lowest BCUT2D eigenvalue weighted by molar-refractivity contribution is -0.137. The van der Waals surface area contributed by atoms with Gasteiger partial charge in [-0.2, -0.15) is 18.2 Å². The number of hydrogen-bond acceptors (Lipinski definition) is 4. The largest absolute Gasteiger partial charge is 0.418 e. The first-order valence-electron chi connectivity index (χ1n) is 11.3. The fourth-order valence-electron chi connectivity index (χ4n) is 4.00. The number of carbonyl (C=O) groups excluding carboxylic acids is 1. The summed E-state index contributed by atoms with van der Waals surface area (Å²) in [7, 11) is 0. The number of hydrogen-bond donors (Lipinski definition) is 1. The van der Waals surface area contributed by atoms with Crippen LogP contribution in [0.5, 0.6) is 0 Å². The Bertz CT molecular complexity index is 1510. The fourth-order valence-corrected chi connectivity index (χ4v) is 4.00. The number of rotatable bonds is 7. The van der Waals surface area contributed by atoms with Crippen molar-refractivity contribution in [3.63, 3.8) is 0 Å². The molecule has 1 N–H and O–H groups in total. The molecule has 0 bridgehead atoms. The molecule has 0 atom stereocenters. The number of alkyl halides is 3. The van der Waals surface area contributed by atoms with Gasteiger partial charge in [-0.15, -0.1) is 5.10 Å². The molecule has 0 aliphatic rings. The van der Waals surface area contributed by atoms with Crippen molar-refractivity contribution in [2.75, 3.05) is 5.32 Å². The van der Waals surface area contributed by atoms with Crippen molar-refractivity contribution in [1.82, 2.24) is 14.6 Å². The third-order valence-corrected chi connectivity index (χ3v) is 5.74. The standard InChI is InChI=1S/C28H21F3N4O/c29-28(30,31)24-8-4-5-9-25(24)32-27-33-26-15-14-22(18-35(26)34-27)21-12-10-20(11-13-21)17-23(36)16-19-6-2-1-3-7-19/h1-15,18H,16-17H2,(H,32,34). The maximum Gasteiger partial charge on any atom is 0.418 e. The van der Waals surface area contributed by atoms with Crippen molar-refractivity contribution in [3.8, 4) is 11.1 Å². The summed E-state index contributed by atoms with van der Waals surface area (Å²) in [4.78, 5) is 16.7. The van der Waals surface area contributed by atoms with Crippen molar-refractivity contribution in [2.24, 2.45) is 0 Å². The number of anilines is 2. The van der Waals surface area contributed by atoms with E-state index < -0.39 is 11.7 Å². The van der Waals surface area contributed by atoms with Gasteiger partial charge in [0.25, 0.3) is 0 Å². The van der Waals surface area contributed by atoms with E-state index in [9.17, 15) is 18.0 Å². The minimum absolute atomic E-state index is 0.0659. The predicted molar refractivity (Wildman–Crippen MR) is 132 cm³/mol. The normalized spacial score (nSPS) is 11.5. The number of benzene rings is 3. The van der Waals surface area contributed by atoms with Gasteiger partial charge in [0, 0.05) is 24.6 Å². The van der Waals surface area contributed by atoms with Crippen molar-refractivity contribution >= 4 is 23.1 Å². The minimum atomic E-state index is -4.49. The number of fused-ring (bicyclic) bond motifs is 1. The summed E-state index contributed by atoms with van der Waals surface area (Å²) in [6.07, 6.45) is -1.98. The molecule has 0 fully saturated rings. The van der Waals surface area contributed by atoms with Crippen LogP contribution in [0.4, 0.5) is 24.8 Å². The average Bonchev–Trinajstić information content (AvgIpc) is 3.26. The van der Waals surface area contributed by atoms with Crippen LogP contribution in [0.25, 0.3) is 16.8 Å². The zero-order valence-corrected chi connectivity index (χ0v) is 19.0. The number of para-hydroxylation sites is 1. The first kappa shape index (κ1) is 23.3. The molecule has 0 spiro atoms. The molecule has 0 saturated carbocycles. The number of carbonyl (C=O) groups is 1. The zero-order chi connectivity index (χ0) is 25.1. The van der Waals surface area contributed by atoms with Crippen LogP contribution in [0.3, 0.4) is 0 Å². The molecule has 0 amide bonds. The van der Waals surface area contributed by atoms with Crippen LogP contribution < -0.4 is 5.32 Å². The van der Waals surface area contributed by atoms with Crippen LogP contribution in [0.15, 0.2) is 97.2 Å². The van der Waals surface area contributed by atoms with E-state index in [0.717, 1.165) is 28.3 Å². The molecule has 36 heavy (non-hydrogen) atoms. The van der Waals surface area contributed by atoms with Gasteiger partial charge >= 0.3 is 6.18 Å². The van der Waals surface area contributed by atoms with Crippen LogP contribution in [-0.2, 0) is 23.8 Å². The Morgan fingerprint density at radius 3 is 2.14 bits per heavy atom. The SMILES string of the molecule is O=C(Cc1ccccc1)Cc1ccc(-c2ccc3nc(Nc4ccccc4C(F)(F)F)nn3c2)cc1. The lowest BCUT2D eigenvalue weighted by Crippen LogP contribution is -2.09. The number of Topliss-reactive ketones (excluding diaryl/α,β-unsaturated/α-hetero) is 1. The average molecular weight is 486 g/mol. The second kappa shape index (κ2) is 9.65. The lowest BCUT2D eigenvalue weighted by Gasteiger charge is -2.12. The third-order valence-electron chi connectivity index (χ3n) is 5.74. The Morgan fingerprint density at radius 2 is 1.42 bits per heavy atom. The molecule has 0 aliphatic carbocycles. The van der Waals surface area contributed by atoms with Crippen LogP contribution in [0, 0.1) is 0 Å². The predicted octanol–water partition coefficient (Wildman–Crippen LogP) is 6.51. The number of nitrogens with zero attached hydrogens (tertiary/aromatic N) is 3. The quantitative estimate of drug-likeness (QED) is 0.285. The van der Waals surface area contributed by atoms with Crippen LogP contribution in [0.2, 0.25) is 0 Å². The van der Waals surface area contributed by atoms with E-state index in [1.807, 2.05) is 60.7 Å². The topological polar surface area (TPSA) is 59.3 Å². The molecule has 5 rings (SSSR count). The molecule has 2 aromatic heterocycles. The first-order chi connectivity index (χ1) is 17.3. The van der Waals surface area contributed by atoms with Gasteiger partial charge in [0.2, 0.25) is 5.95 Å². The smallest absolute Gasteiger partial charge is 0.322 e. The Balaban J connectivity index is 1.31. The summed E-state index contributed by atoms with van der Waals surface area (Å²) in [5.41, 5.74) is 3.30. The molecule has 180 valence electrons. The second-order valence-corrected chi connectivity index (χ2v) is 8.40. The number of halogens is 3. The molecule has 0 unspecified atom stereocenters. The maximum atomic E-state index is 13.3. The minimum Gasteiger partial charge on any atom is -0.322 e. The summed E-state index contributed by atoms with van der Waals surface area (Å²) < 4.78 is 41.4. The van der Waals surface area contributed by atoms with Gasteiger partial charge in [-0.05, 0) is 41.0 Å². The molecule has 0 radical (unpaired) electrons. The Hall–Kier alpha value is -4.46. The molecule has 5 aromatic rings. The number of pyridine rings is 1. The van der Waals surface area contributed by atoms with Gasteiger partial charge in [-0.3, -0.25) is 4.79 Å². The van der Waals surface area contributed by atoms with Crippen LogP contribution in [-0.4, -0.2) is 20.4 Å². The van der Waals surface area contributed by atoms with Gasteiger partial charge in [0.15, 0.2) is 5.65 Å². The fraction of sp³-hybridized carbons (Fsp3) is 0.107. The number of ketones is 1. The van der Waals surface area contributed by atoms with Crippen molar-refractivity contribution in [3.05, 3.63) is 114 Å². The lowest BCUT2D eigenvalue weighted by atomic mass is 10.0. The Morgan fingerprint density at radius 1 is 0.778 bits per heavy atom. The van der Waals surface area contributed by atoms with E-state index in [0.29, 0.717) is 18.5 Å². The molecule has 8 heteroatoms. The maximum absolute atomic E-state index is 13.3. The third kappa shape index (κ3) is 5.27. The molecule has 0 aliphatic heterocycles. The van der Waals surface area contributed by atoms with Gasteiger partial charge in [0.05, 0.1) is 11.3 Å². The summed E-state index contributed by atoms with van der Waals surface area (Å²) >= 11 is 0. The molecule has 3 aromatic carbocycles. The first-order valence-corrected chi connectivity index (χ1v) is 11.3. The highest BCUT2D eigenvalue weighted by Gasteiger charge is 2.33. The van der Waals surface area contributed by atoms with Crippen molar-refractivity contribution in [2.45, 2.75) is 19.0 Å². The van der Waals surface area contributed by atoms with Gasteiger partial charge in [-0.1, -0.05) is 66.7 Å². The van der Waals surface area contributed by atoms with E-state index in [1.54, 1.807) is 12.3 Å². The molecular formula is C28H21F3N4O. The van der Waals surface area contributed by atoms with Crippen LogP contribution in [0.1, 0.15) is 16.7 Å². The number of aromatic nitrogens is 3. The highest BCUT2D eigenvalue weighted by molar-refractivity contribution is 5.83. The molecule has 2 heterocycles. The number of nitrogens with one attached hydrogen (secondary N) is 1. The summed E-state index contributed by atoms with van der Waals surface area (Å²) in [5, 5.41) is 6.97. The van der Waals surface area contributed by atoms with E-state index in [1.165, 1.54) is 22.7 Å². The zero-order valence-electron chi connectivity index (χ0n) is 19.0. The summed E-state index contributed by atoms with van der Waals surface area (Å²) in [6, 6.07) is 26.2. The van der Waals surface area contributed by atoms with Crippen LogP contribution >= 0.6 is 0 Å². The summed E-state index contributed by atoms with van der Waals surface area (Å²) in [5.74, 6) is 0.209.